The fourth-order valence-electron chi connectivity index (χ4n) is 5.23. The van der Waals surface area contributed by atoms with Crippen LogP contribution in [0.25, 0.3) is 0 Å². The van der Waals surface area contributed by atoms with E-state index in [-0.39, 0.29) is 0 Å². The molecule has 0 aromatic carbocycles. The zero-order valence-electron chi connectivity index (χ0n) is 23.5. The molecule has 20 atom stereocenters. The topological polar surface area (TPSA) is 348 Å². The van der Waals surface area contributed by atoms with Gasteiger partial charge in [0.1, 0.15) is 97.7 Å². The molecule has 0 amide bonds. The van der Waals surface area contributed by atoms with Gasteiger partial charge in [-0.05, 0) is 0 Å². The average Bonchev–Trinajstić information content (AvgIpc) is 3.02. The molecule has 4 fully saturated rings. The standard InChI is InChI=1S/C24H42O21/c25-1-5-9(26)14(31)18(35)22(43-5)40-3-7-11(28)16(33)20(37)24(45-7)41-4-8-12(29)15(32)19(36)23(44-8)39-2-6-10(27)13(30)17(34)21(38)42-6/h5-38H,1-4H2/t5-,6-,7-,8-,9-,10-,11-,12-,13+,14+,15+,16+,17-,18-,19-,20-,21-,22+,23+,24+/m1/s1. The Morgan fingerprint density at radius 2 is 0.622 bits per heavy atom. The summed E-state index contributed by atoms with van der Waals surface area (Å²) in [7, 11) is 0. The second-order valence-electron chi connectivity index (χ2n) is 11.3. The summed E-state index contributed by atoms with van der Waals surface area (Å²) in [6.07, 6.45) is -34.1. The molecule has 21 heteroatoms. The van der Waals surface area contributed by atoms with Gasteiger partial charge in [0, 0.05) is 0 Å². The fourth-order valence-corrected chi connectivity index (χ4v) is 5.23. The predicted molar refractivity (Wildman–Crippen MR) is 134 cm³/mol. The van der Waals surface area contributed by atoms with Crippen molar-refractivity contribution in [2.24, 2.45) is 0 Å². The number of hydrogen-bond acceptors (Lipinski definition) is 21. The Balaban J connectivity index is 1.33. The van der Waals surface area contributed by atoms with Gasteiger partial charge in [-0.3, -0.25) is 0 Å². The Hall–Kier alpha value is -0.840. The number of aliphatic hydroxyl groups is 14. The quantitative estimate of drug-likeness (QED) is 0.103. The zero-order valence-corrected chi connectivity index (χ0v) is 23.5. The summed E-state index contributed by atoms with van der Waals surface area (Å²) in [5, 5.41) is 141. The van der Waals surface area contributed by atoms with Crippen molar-refractivity contribution in [1.29, 1.82) is 0 Å². The minimum Gasteiger partial charge on any atom is -0.394 e. The monoisotopic (exact) mass is 666 g/mol. The Kier molecular flexibility index (Phi) is 12.8. The van der Waals surface area contributed by atoms with Crippen molar-refractivity contribution in [3.05, 3.63) is 0 Å². The van der Waals surface area contributed by atoms with Crippen LogP contribution in [-0.4, -0.2) is 221 Å². The third kappa shape index (κ3) is 7.91. The second kappa shape index (κ2) is 15.6. The van der Waals surface area contributed by atoms with E-state index in [1.54, 1.807) is 0 Å². The van der Waals surface area contributed by atoms with Crippen LogP contribution in [0.4, 0.5) is 0 Å². The van der Waals surface area contributed by atoms with Crippen molar-refractivity contribution in [3.8, 4) is 0 Å². The van der Waals surface area contributed by atoms with Crippen LogP contribution in [0.3, 0.4) is 0 Å². The van der Waals surface area contributed by atoms with E-state index >= 15 is 0 Å². The number of rotatable bonds is 10. The molecule has 45 heavy (non-hydrogen) atoms. The lowest BCUT2D eigenvalue weighted by atomic mass is 9.98. The first-order chi connectivity index (χ1) is 21.2. The lowest BCUT2D eigenvalue weighted by Gasteiger charge is -2.44. The molecule has 0 radical (unpaired) electrons. The summed E-state index contributed by atoms with van der Waals surface area (Å²) in [4.78, 5) is 0. The highest BCUT2D eigenvalue weighted by atomic mass is 16.7. The Bertz CT molecular complexity index is 916. The molecule has 0 bridgehead atoms. The first-order valence-electron chi connectivity index (χ1n) is 14.1. The molecule has 0 aromatic heterocycles. The number of aliphatic hydroxyl groups excluding tert-OH is 14. The summed E-state index contributed by atoms with van der Waals surface area (Å²) >= 11 is 0. The number of hydrogen-bond donors (Lipinski definition) is 14. The van der Waals surface area contributed by atoms with Gasteiger partial charge in [-0.25, -0.2) is 0 Å². The van der Waals surface area contributed by atoms with Crippen LogP contribution < -0.4 is 0 Å². The third-order valence-corrected chi connectivity index (χ3v) is 8.15. The van der Waals surface area contributed by atoms with Gasteiger partial charge in [0.05, 0.1) is 26.4 Å². The van der Waals surface area contributed by atoms with Gasteiger partial charge in [-0.15, -0.1) is 0 Å². The Labute approximate surface area is 254 Å². The largest absolute Gasteiger partial charge is 0.394 e. The van der Waals surface area contributed by atoms with Crippen LogP contribution >= 0.6 is 0 Å². The molecule has 21 nitrogen and oxygen atoms in total. The molecule has 0 aromatic rings. The molecule has 4 aliphatic heterocycles. The normalized spacial score (nSPS) is 52.9. The lowest BCUT2D eigenvalue weighted by Crippen LogP contribution is -2.63. The van der Waals surface area contributed by atoms with Gasteiger partial charge in [0.2, 0.25) is 0 Å². The maximum absolute atomic E-state index is 10.4. The summed E-state index contributed by atoms with van der Waals surface area (Å²) < 4.78 is 37.2. The van der Waals surface area contributed by atoms with E-state index in [0.29, 0.717) is 0 Å². The van der Waals surface area contributed by atoms with Crippen molar-refractivity contribution in [1.82, 2.24) is 0 Å². The van der Waals surface area contributed by atoms with Gasteiger partial charge >= 0.3 is 0 Å². The van der Waals surface area contributed by atoms with Crippen LogP contribution in [0.15, 0.2) is 0 Å². The highest BCUT2D eigenvalue weighted by Crippen LogP contribution is 2.29. The molecule has 4 heterocycles. The highest BCUT2D eigenvalue weighted by Gasteiger charge is 2.50. The molecule has 264 valence electrons. The fraction of sp³-hybridized carbons (Fsp3) is 1.00. The third-order valence-electron chi connectivity index (χ3n) is 8.15. The molecular formula is C24H42O21. The van der Waals surface area contributed by atoms with Crippen molar-refractivity contribution < 1.29 is 105 Å². The molecule has 4 aliphatic rings. The van der Waals surface area contributed by atoms with Gasteiger partial charge in [-0.1, -0.05) is 0 Å². The van der Waals surface area contributed by atoms with Crippen molar-refractivity contribution in [3.63, 3.8) is 0 Å². The van der Waals surface area contributed by atoms with E-state index in [1.807, 2.05) is 0 Å². The summed E-state index contributed by atoms with van der Waals surface area (Å²) in [5.41, 5.74) is 0. The molecule has 0 spiro atoms. The first kappa shape index (κ1) is 37.0. The van der Waals surface area contributed by atoms with E-state index in [0.717, 1.165) is 0 Å². The van der Waals surface area contributed by atoms with Crippen LogP contribution in [0.2, 0.25) is 0 Å². The first-order valence-corrected chi connectivity index (χ1v) is 14.1. The van der Waals surface area contributed by atoms with E-state index in [1.165, 1.54) is 0 Å². The van der Waals surface area contributed by atoms with Gasteiger partial charge in [0.15, 0.2) is 25.2 Å². The molecule has 0 aliphatic carbocycles. The van der Waals surface area contributed by atoms with Crippen LogP contribution in [-0.2, 0) is 33.2 Å². The maximum atomic E-state index is 10.4. The smallest absolute Gasteiger partial charge is 0.186 e. The SMILES string of the molecule is OC[C@H]1O[C@H](OC[C@H]2O[C@H](OC[C@H]3O[C@H](OC[C@H]4O[C@@H](O)[C@H](O)[C@@H](O)[C@@H]4O)[C@H](O)[C@@H](O)[C@@H]3O)[C@H](O)[C@@H](O)[C@@H]2O)[C@H](O)[C@@H](O)[C@@H]1O. The van der Waals surface area contributed by atoms with Crippen molar-refractivity contribution >= 4 is 0 Å². The lowest BCUT2D eigenvalue weighted by molar-refractivity contribution is -0.346. The molecular weight excluding hydrogens is 624 g/mol. The van der Waals surface area contributed by atoms with E-state index in [4.69, 9.17) is 33.2 Å². The van der Waals surface area contributed by atoms with Crippen molar-refractivity contribution in [2.45, 2.75) is 123 Å². The van der Waals surface area contributed by atoms with Gasteiger partial charge < -0.3 is 105 Å². The van der Waals surface area contributed by atoms with E-state index in [9.17, 15) is 71.5 Å². The van der Waals surface area contributed by atoms with E-state index in [2.05, 4.69) is 0 Å². The summed E-state index contributed by atoms with van der Waals surface area (Å²) in [6.45, 7) is -2.67. The predicted octanol–water partition coefficient (Wildman–Crippen LogP) is -9.75. The zero-order chi connectivity index (χ0) is 33.3. The molecule has 4 saturated heterocycles. The van der Waals surface area contributed by atoms with Gasteiger partial charge in [0.25, 0.3) is 0 Å². The Morgan fingerprint density at radius 3 is 0.978 bits per heavy atom. The molecule has 0 saturated carbocycles. The molecule has 14 N–H and O–H groups in total. The average molecular weight is 667 g/mol. The second-order valence-corrected chi connectivity index (χ2v) is 11.3. The summed E-state index contributed by atoms with van der Waals surface area (Å²) in [5.74, 6) is 0. The maximum Gasteiger partial charge on any atom is 0.186 e. The van der Waals surface area contributed by atoms with Crippen LogP contribution in [0, 0.1) is 0 Å². The summed E-state index contributed by atoms with van der Waals surface area (Å²) in [6, 6.07) is 0. The molecule has 0 unspecified atom stereocenters. The highest BCUT2D eigenvalue weighted by molar-refractivity contribution is 4.94. The molecule has 4 rings (SSSR count). The van der Waals surface area contributed by atoms with Crippen molar-refractivity contribution in [2.75, 3.05) is 26.4 Å². The van der Waals surface area contributed by atoms with Crippen LogP contribution in [0.5, 0.6) is 0 Å². The minimum absolute atomic E-state index is 0.633. The number of ether oxygens (including phenoxy) is 7. The minimum atomic E-state index is -1.88. The Morgan fingerprint density at radius 1 is 0.333 bits per heavy atom. The van der Waals surface area contributed by atoms with E-state index < -0.39 is 149 Å². The van der Waals surface area contributed by atoms with Crippen LogP contribution in [0.1, 0.15) is 0 Å². The van der Waals surface area contributed by atoms with Gasteiger partial charge in [-0.2, -0.15) is 0 Å².